The summed E-state index contributed by atoms with van der Waals surface area (Å²) in [5, 5.41) is 11.0. The molecular formula is C22H25F3N4O3. The van der Waals surface area contributed by atoms with E-state index in [9.17, 15) is 22.8 Å². The number of halogens is 3. The molecule has 0 saturated heterocycles. The van der Waals surface area contributed by atoms with Crippen LogP contribution in [0.4, 0.5) is 13.2 Å². The second-order valence-electron chi connectivity index (χ2n) is 8.20. The first-order valence-corrected chi connectivity index (χ1v) is 10.1. The standard InChI is InChI=1S/C22H25F3N4O3/c1-13-5-6-15(9-17(13)20(31)26-11-16(30)7-8-22(23,24)25)19-10-21(3,32-28-19)18-12-29(4)27-14(18)2/h5-6,9,12H,7-8,10-11H2,1-4H3,(H,26,31). The van der Waals surface area contributed by atoms with Gasteiger partial charge in [-0.3, -0.25) is 14.3 Å². The van der Waals surface area contributed by atoms with Crippen molar-refractivity contribution in [2.45, 2.75) is 51.8 Å². The van der Waals surface area contributed by atoms with Crippen LogP contribution in [0.25, 0.3) is 0 Å². The molecule has 0 spiro atoms. The monoisotopic (exact) mass is 450 g/mol. The first-order valence-electron chi connectivity index (χ1n) is 10.1. The molecule has 1 aromatic heterocycles. The normalized spacial score (nSPS) is 18.3. The summed E-state index contributed by atoms with van der Waals surface area (Å²) >= 11 is 0. The van der Waals surface area contributed by atoms with Crippen molar-refractivity contribution in [2.24, 2.45) is 12.2 Å². The molecule has 1 N–H and O–H groups in total. The zero-order chi connectivity index (χ0) is 23.7. The van der Waals surface area contributed by atoms with Gasteiger partial charge in [0.15, 0.2) is 11.4 Å². The van der Waals surface area contributed by atoms with Gasteiger partial charge in [-0.15, -0.1) is 0 Å². The number of hydrogen-bond acceptors (Lipinski definition) is 5. The number of oxime groups is 1. The lowest BCUT2D eigenvalue weighted by molar-refractivity contribution is -0.142. The fourth-order valence-electron chi connectivity index (χ4n) is 3.65. The lowest BCUT2D eigenvalue weighted by Crippen LogP contribution is -2.30. The maximum Gasteiger partial charge on any atom is 0.389 e. The highest BCUT2D eigenvalue weighted by Gasteiger charge is 2.39. The topological polar surface area (TPSA) is 85.6 Å². The van der Waals surface area contributed by atoms with Crippen molar-refractivity contribution in [1.82, 2.24) is 15.1 Å². The zero-order valence-corrected chi connectivity index (χ0v) is 18.3. The lowest BCUT2D eigenvalue weighted by atomic mass is 9.89. The Morgan fingerprint density at radius 2 is 2.00 bits per heavy atom. The second kappa shape index (κ2) is 8.76. The van der Waals surface area contributed by atoms with Crippen LogP contribution in [-0.4, -0.2) is 39.9 Å². The Balaban J connectivity index is 1.69. The molecule has 1 atom stereocenters. The van der Waals surface area contributed by atoms with E-state index in [1.54, 1.807) is 23.7 Å². The third-order valence-electron chi connectivity index (χ3n) is 5.39. The first kappa shape index (κ1) is 23.5. The number of aromatic nitrogens is 2. The minimum atomic E-state index is -4.41. The van der Waals surface area contributed by atoms with Gasteiger partial charge in [0, 0.05) is 42.8 Å². The van der Waals surface area contributed by atoms with E-state index >= 15 is 0 Å². The van der Waals surface area contributed by atoms with Crippen molar-refractivity contribution in [1.29, 1.82) is 0 Å². The van der Waals surface area contributed by atoms with Crippen LogP contribution in [0, 0.1) is 13.8 Å². The molecule has 1 amide bonds. The molecule has 10 heteroatoms. The van der Waals surface area contributed by atoms with E-state index in [0.29, 0.717) is 28.8 Å². The number of rotatable bonds is 7. The Labute approximate surface area is 183 Å². The molecule has 32 heavy (non-hydrogen) atoms. The molecule has 2 aromatic rings. The fraction of sp³-hybridized carbons (Fsp3) is 0.455. The molecule has 0 bridgehead atoms. The van der Waals surface area contributed by atoms with Gasteiger partial charge in [-0.05, 0) is 32.4 Å². The van der Waals surface area contributed by atoms with Gasteiger partial charge in [-0.25, -0.2) is 0 Å². The molecule has 0 aliphatic carbocycles. The van der Waals surface area contributed by atoms with Gasteiger partial charge in [0.25, 0.3) is 5.91 Å². The maximum atomic E-state index is 12.6. The molecule has 1 aromatic carbocycles. The number of hydrogen-bond donors (Lipinski definition) is 1. The summed E-state index contributed by atoms with van der Waals surface area (Å²) in [6.45, 7) is 5.09. The molecular weight excluding hydrogens is 425 g/mol. The number of nitrogens with one attached hydrogen (secondary N) is 1. The molecule has 1 aliphatic heterocycles. The summed E-state index contributed by atoms with van der Waals surface area (Å²) in [4.78, 5) is 30.0. The van der Waals surface area contributed by atoms with Crippen LogP contribution in [0.1, 0.15) is 58.9 Å². The van der Waals surface area contributed by atoms with E-state index in [1.807, 2.05) is 33.2 Å². The van der Waals surface area contributed by atoms with E-state index in [0.717, 1.165) is 11.3 Å². The smallest absolute Gasteiger partial charge is 0.384 e. The predicted molar refractivity (Wildman–Crippen MR) is 111 cm³/mol. The number of amides is 1. The van der Waals surface area contributed by atoms with Gasteiger partial charge in [0.2, 0.25) is 0 Å². The number of nitrogens with zero attached hydrogens (tertiary/aromatic N) is 3. The number of ketones is 1. The molecule has 3 rings (SSSR count). The highest BCUT2D eigenvalue weighted by molar-refractivity contribution is 6.05. The molecule has 2 heterocycles. The van der Waals surface area contributed by atoms with Crippen LogP contribution in [0.5, 0.6) is 0 Å². The summed E-state index contributed by atoms with van der Waals surface area (Å²) in [6, 6.07) is 5.22. The van der Waals surface area contributed by atoms with E-state index in [1.165, 1.54) is 0 Å². The van der Waals surface area contributed by atoms with Crippen molar-refractivity contribution in [3.63, 3.8) is 0 Å². The third kappa shape index (κ3) is 5.35. The fourth-order valence-corrected chi connectivity index (χ4v) is 3.65. The van der Waals surface area contributed by atoms with Crippen LogP contribution < -0.4 is 5.32 Å². The Bertz CT molecular complexity index is 1070. The zero-order valence-electron chi connectivity index (χ0n) is 18.3. The van der Waals surface area contributed by atoms with E-state index in [-0.39, 0.29) is 0 Å². The summed E-state index contributed by atoms with van der Waals surface area (Å²) in [6.07, 6.45) is -3.91. The van der Waals surface area contributed by atoms with Crippen molar-refractivity contribution in [2.75, 3.05) is 6.54 Å². The van der Waals surface area contributed by atoms with E-state index < -0.39 is 42.9 Å². The second-order valence-corrected chi connectivity index (χ2v) is 8.20. The largest absolute Gasteiger partial charge is 0.389 e. The van der Waals surface area contributed by atoms with Gasteiger partial charge in [0.1, 0.15) is 0 Å². The Morgan fingerprint density at radius 3 is 2.62 bits per heavy atom. The summed E-state index contributed by atoms with van der Waals surface area (Å²) in [7, 11) is 1.83. The lowest BCUT2D eigenvalue weighted by Gasteiger charge is -2.20. The Kier molecular flexibility index (Phi) is 6.43. The summed E-state index contributed by atoms with van der Waals surface area (Å²) < 4.78 is 38.4. The van der Waals surface area contributed by atoms with Gasteiger partial charge in [-0.1, -0.05) is 17.3 Å². The summed E-state index contributed by atoms with van der Waals surface area (Å²) in [5.41, 5.74) is 3.40. The highest BCUT2D eigenvalue weighted by atomic mass is 19.4. The van der Waals surface area contributed by atoms with Gasteiger partial charge >= 0.3 is 6.18 Å². The SMILES string of the molecule is Cc1ccc(C2=NOC(C)(c3cn(C)nc3C)C2)cc1C(=O)NCC(=O)CCC(F)(F)F. The van der Waals surface area contributed by atoms with E-state index in [4.69, 9.17) is 4.84 Å². The first-order chi connectivity index (χ1) is 14.9. The van der Waals surface area contributed by atoms with Crippen LogP contribution >= 0.6 is 0 Å². The molecule has 172 valence electrons. The molecule has 0 fully saturated rings. The Hall–Kier alpha value is -3.17. The molecule has 0 radical (unpaired) electrons. The van der Waals surface area contributed by atoms with Crippen molar-refractivity contribution in [3.05, 3.63) is 52.3 Å². The summed E-state index contributed by atoms with van der Waals surface area (Å²) in [5.74, 6) is -1.21. The number of aryl methyl sites for hydroxylation is 3. The van der Waals surface area contributed by atoms with Gasteiger partial charge in [-0.2, -0.15) is 18.3 Å². The van der Waals surface area contributed by atoms with Gasteiger partial charge < -0.3 is 10.2 Å². The quantitative estimate of drug-likeness (QED) is 0.697. The highest BCUT2D eigenvalue weighted by Crippen LogP contribution is 2.37. The Morgan fingerprint density at radius 1 is 1.28 bits per heavy atom. The minimum Gasteiger partial charge on any atom is -0.384 e. The average molecular weight is 450 g/mol. The molecule has 1 aliphatic rings. The van der Waals surface area contributed by atoms with Crippen LogP contribution in [0.15, 0.2) is 29.6 Å². The number of carbonyl (C=O) groups excluding carboxylic acids is 2. The molecule has 7 nitrogen and oxygen atoms in total. The predicted octanol–water partition coefficient (Wildman–Crippen LogP) is 3.72. The number of benzene rings is 1. The molecule has 0 saturated carbocycles. The third-order valence-corrected chi connectivity index (χ3v) is 5.39. The number of carbonyl (C=O) groups is 2. The minimum absolute atomic E-state index is 0.319. The van der Waals surface area contributed by atoms with Crippen molar-refractivity contribution >= 4 is 17.4 Å². The van der Waals surface area contributed by atoms with E-state index in [2.05, 4.69) is 15.6 Å². The van der Waals surface area contributed by atoms with Crippen molar-refractivity contribution < 1.29 is 27.6 Å². The van der Waals surface area contributed by atoms with Crippen LogP contribution in [0.3, 0.4) is 0 Å². The van der Waals surface area contributed by atoms with Crippen LogP contribution in [0.2, 0.25) is 0 Å². The maximum absolute atomic E-state index is 12.6. The van der Waals surface area contributed by atoms with Crippen LogP contribution in [-0.2, 0) is 22.3 Å². The average Bonchev–Trinajstić information content (AvgIpc) is 3.27. The van der Waals surface area contributed by atoms with Crippen molar-refractivity contribution in [3.8, 4) is 0 Å². The molecule has 1 unspecified atom stereocenters. The number of Topliss-reactive ketones (excluding diaryl/α,β-unsaturated/α-hetero) is 1. The number of alkyl halides is 3. The van der Waals surface area contributed by atoms with Gasteiger partial charge in [0.05, 0.1) is 24.4 Å².